The molecule has 1 heterocycles. The molecule has 3 aromatic rings. The molecule has 4 nitrogen and oxygen atoms in total. The van der Waals surface area contributed by atoms with E-state index in [0.717, 1.165) is 15.9 Å². The van der Waals surface area contributed by atoms with E-state index >= 15 is 0 Å². The van der Waals surface area contributed by atoms with E-state index in [1.54, 1.807) is 0 Å². The number of aliphatic hydroxyl groups is 1. The van der Waals surface area contributed by atoms with Gasteiger partial charge >= 0.3 is 0 Å². The number of benzene rings is 3. The number of hydrogen-bond acceptors (Lipinski definition) is 3. The molecule has 0 bridgehead atoms. The van der Waals surface area contributed by atoms with Crippen LogP contribution in [-0.2, 0) is 15.8 Å². The number of carbonyl (C=O) groups is 1. The molecule has 1 unspecified atom stereocenters. The van der Waals surface area contributed by atoms with Gasteiger partial charge in [-0.25, -0.2) is 0 Å². The Hall–Kier alpha value is -2.73. The lowest BCUT2D eigenvalue weighted by molar-refractivity contribution is -0.138. The van der Waals surface area contributed by atoms with E-state index in [4.69, 9.17) is 4.43 Å². The Balaban J connectivity index is 1.73. The number of amides is 1. The van der Waals surface area contributed by atoms with Crippen LogP contribution >= 0.6 is 0 Å². The van der Waals surface area contributed by atoms with Crippen LogP contribution in [0.5, 0.6) is 0 Å². The molecule has 32 heavy (non-hydrogen) atoms. The van der Waals surface area contributed by atoms with Gasteiger partial charge < -0.3 is 14.4 Å². The average molecular weight is 446 g/mol. The van der Waals surface area contributed by atoms with Gasteiger partial charge in [0.2, 0.25) is 0 Å². The van der Waals surface area contributed by atoms with Gasteiger partial charge in [-0.3, -0.25) is 4.79 Å². The fourth-order valence-electron chi connectivity index (χ4n) is 4.72. The van der Waals surface area contributed by atoms with Crippen LogP contribution in [0.25, 0.3) is 0 Å². The zero-order valence-electron chi connectivity index (χ0n) is 18.9. The first-order valence-electron chi connectivity index (χ1n) is 11.1. The minimum absolute atomic E-state index is 0.144. The van der Waals surface area contributed by atoms with Gasteiger partial charge in [-0.05, 0) is 21.0 Å². The number of rotatable bonds is 6. The lowest BCUT2D eigenvalue weighted by Crippen LogP contribution is -2.68. The fourth-order valence-corrected chi connectivity index (χ4v) is 9.36. The van der Waals surface area contributed by atoms with Gasteiger partial charge in [0.15, 0.2) is 0 Å². The van der Waals surface area contributed by atoms with E-state index in [2.05, 4.69) is 45.0 Å². The van der Waals surface area contributed by atoms with Gasteiger partial charge in [0, 0.05) is 13.0 Å². The molecule has 1 aliphatic heterocycles. The minimum Gasteiger partial charge on any atom is -0.395 e. The molecule has 1 fully saturated rings. The lowest BCUT2D eigenvalue weighted by Gasteiger charge is -2.44. The van der Waals surface area contributed by atoms with Crippen LogP contribution in [0.3, 0.4) is 0 Å². The summed E-state index contributed by atoms with van der Waals surface area (Å²) in [5.74, 6) is -0.144. The van der Waals surface area contributed by atoms with Gasteiger partial charge in [0.05, 0.1) is 0 Å². The van der Waals surface area contributed by atoms with Crippen LogP contribution in [0.15, 0.2) is 91.0 Å². The third-order valence-electron chi connectivity index (χ3n) is 6.27. The molecule has 5 heteroatoms. The molecule has 0 radical (unpaired) electrons. The quantitative estimate of drug-likeness (QED) is 0.589. The second kappa shape index (κ2) is 9.02. The molecule has 166 valence electrons. The fraction of sp³-hybridized carbons (Fsp3) is 0.296. The maximum Gasteiger partial charge on any atom is 0.262 e. The third kappa shape index (κ3) is 4.16. The number of aliphatic hydroxyl groups excluding tert-OH is 1. The van der Waals surface area contributed by atoms with Crippen molar-refractivity contribution in [3.8, 4) is 0 Å². The van der Waals surface area contributed by atoms with Crippen molar-refractivity contribution in [1.29, 1.82) is 0 Å². The highest BCUT2D eigenvalue weighted by molar-refractivity contribution is 6.99. The van der Waals surface area contributed by atoms with Gasteiger partial charge in [-0.2, -0.15) is 0 Å². The standard InChI is InChI=1S/C27H31NO3Si/c1-27(2,3)32(22-15-9-5-10-16-22,23-17-11-6-12-18-23)31-24-19-25(29)28(26(24)30)20-21-13-7-4-8-14-21/h4-18,24-25,29H,19-20H2,1-3H3/t24-,25?/m0/s1. The van der Waals surface area contributed by atoms with Crippen molar-refractivity contribution in [3.63, 3.8) is 0 Å². The molecule has 2 atom stereocenters. The molecule has 1 amide bonds. The molecule has 4 rings (SSSR count). The second-order valence-electron chi connectivity index (χ2n) is 9.44. The van der Waals surface area contributed by atoms with Crippen molar-refractivity contribution in [2.45, 2.75) is 51.1 Å². The molecule has 1 N–H and O–H groups in total. The maximum atomic E-state index is 13.5. The van der Waals surface area contributed by atoms with Gasteiger partial charge in [0.1, 0.15) is 12.3 Å². The zero-order valence-corrected chi connectivity index (χ0v) is 19.9. The summed E-state index contributed by atoms with van der Waals surface area (Å²) < 4.78 is 6.97. The molecule has 1 saturated heterocycles. The van der Waals surface area contributed by atoms with Crippen molar-refractivity contribution in [2.24, 2.45) is 0 Å². The topological polar surface area (TPSA) is 49.8 Å². The number of carbonyl (C=O) groups excluding carboxylic acids is 1. The van der Waals surface area contributed by atoms with Crippen molar-refractivity contribution in [2.75, 3.05) is 0 Å². The smallest absolute Gasteiger partial charge is 0.262 e. The molecule has 0 aromatic heterocycles. The summed E-state index contributed by atoms with van der Waals surface area (Å²) in [6.07, 6.45) is -1.26. The first-order valence-corrected chi connectivity index (χ1v) is 13.0. The van der Waals surface area contributed by atoms with Crippen molar-refractivity contribution in [3.05, 3.63) is 96.6 Å². The van der Waals surface area contributed by atoms with E-state index in [-0.39, 0.29) is 17.4 Å². The summed E-state index contributed by atoms with van der Waals surface area (Å²) in [5.41, 5.74) is 0.992. The van der Waals surface area contributed by atoms with Crippen molar-refractivity contribution < 1.29 is 14.3 Å². The Morgan fingerprint density at radius 1 is 0.875 bits per heavy atom. The normalized spacial score (nSPS) is 19.4. The Kier molecular flexibility index (Phi) is 6.33. The highest BCUT2D eigenvalue weighted by Crippen LogP contribution is 2.39. The van der Waals surface area contributed by atoms with E-state index in [9.17, 15) is 9.90 Å². The molecular weight excluding hydrogens is 414 g/mol. The van der Waals surface area contributed by atoms with Gasteiger partial charge in [0.25, 0.3) is 14.2 Å². The summed E-state index contributed by atoms with van der Waals surface area (Å²) in [7, 11) is -2.87. The molecular formula is C27H31NO3Si. The molecule has 1 aliphatic rings. The Morgan fingerprint density at radius 3 is 1.81 bits per heavy atom. The first-order chi connectivity index (χ1) is 15.3. The SMILES string of the molecule is CC(C)(C)[Si](O[C@H]1CC(O)N(Cc2ccccc2)C1=O)(c1ccccc1)c1ccccc1. The lowest BCUT2D eigenvalue weighted by atomic mass is 10.2. The Bertz CT molecular complexity index is 995. The van der Waals surface area contributed by atoms with E-state index in [0.29, 0.717) is 6.54 Å². The van der Waals surface area contributed by atoms with E-state index in [1.807, 2.05) is 66.7 Å². The minimum atomic E-state index is -2.87. The van der Waals surface area contributed by atoms with Gasteiger partial charge in [-0.15, -0.1) is 0 Å². The first kappa shape index (κ1) is 22.5. The van der Waals surface area contributed by atoms with Crippen molar-refractivity contribution in [1.82, 2.24) is 4.90 Å². The molecule has 3 aromatic carbocycles. The summed E-state index contributed by atoms with van der Waals surface area (Å²) in [5, 5.41) is 12.8. The summed E-state index contributed by atoms with van der Waals surface area (Å²) in [6.45, 7) is 6.95. The summed E-state index contributed by atoms with van der Waals surface area (Å²) in [6, 6.07) is 30.3. The summed E-state index contributed by atoms with van der Waals surface area (Å²) >= 11 is 0. The highest BCUT2D eigenvalue weighted by Gasteiger charge is 2.54. The average Bonchev–Trinajstić information content (AvgIpc) is 3.06. The van der Waals surface area contributed by atoms with Gasteiger partial charge in [-0.1, -0.05) is 112 Å². The summed E-state index contributed by atoms with van der Waals surface area (Å²) in [4.78, 5) is 15.0. The highest BCUT2D eigenvalue weighted by atomic mass is 28.4. The number of hydrogen-bond donors (Lipinski definition) is 1. The van der Waals surface area contributed by atoms with Crippen LogP contribution in [0.2, 0.25) is 5.04 Å². The van der Waals surface area contributed by atoms with Crippen molar-refractivity contribution >= 4 is 24.6 Å². The molecule has 0 saturated carbocycles. The zero-order chi connectivity index (χ0) is 22.8. The number of likely N-dealkylation sites (tertiary alicyclic amines) is 1. The van der Waals surface area contributed by atoms with Crippen LogP contribution < -0.4 is 10.4 Å². The second-order valence-corrected chi connectivity index (χ2v) is 13.7. The van der Waals surface area contributed by atoms with E-state index < -0.39 is 20.6 Å². The van der Waals surface area contributed by atoms with Crippen LogP contribution in [0.4, 0.5) is 0 Å². The third-order valence-corrected chi connectivity index (χ3v) is 11.3. The largest absolute Gasteiger partial charge is 0.395 e. The predicted molar refractivity (Wildman–Crippen MR) is 130 cm³/mol. The Labute approximate surface area is 191 Å². The molecule has 0 aliphatic carbocycles. The van der Waals surface area contributed by atoms with Crippen LogP contribution in [0, 0.1) is 0 Å². The van der Waals surface area contributed by atoms with Crippen LogP contribution in [-0.4, -0.2) is 36.6 Å². The monoisotopic (exact) mass is 445 g/mol. The predicted octanol–water partition coefficient (Wildman–Crippen LogP) is 3.68. The molecule has 0 spiro atoms. The Morgan fingerprint density at radius 2 is 1.34 bits per heavy atom. The van der Waals surface area contributed by atoms with E-state index in [1.165, 1.54) is 4.90 Å². The van der Waals surface area contributed by atoms with Crippen LogP contribution in [0.1, 0.15) is 32.8 Å². The maximum absolute atomic E-state index is 13.5. The number of nitrogens with zero attached hydrogens (tertiary/aromatic N) is 1.